The molecule has 1 nitrogen and oxygen atoms in total. The first kappa shape index (κ1) is 21.5. The third kappa shape index (κ3) is 3.61. The summed E-state index contributed by atoms with van der Waals surface area (Å²) in [6.07, 6.45) is 8.18. The third-order valence-electron chi connectivity index (χ3n) is 5.21. The quantitative estimate of drug-likeness (QED) is 0.475. The summed E-state index contributed by atoms with van der Waals surface area (Å²) in [5.41, 5.74) is 5.89. The van der Waals surface area contributed by atoms with Gasteiger partial charge in [-0.1, -0.05) is 0 Å². The van der Waals surface area contributed by atoms with E-state index in [1.807, 2.05) is 0 Å². The molecule has 0 radical (unpaired) electrons. The van der Waals surface area contributed by atoms with E-state index in [1.54, 1.807) is 16.0 Å². The van der Waals surface area contributed by atoms with E-state index in [0.29, 0.717) is 3.63 Å². The second-order valence-corrected chi connectivity index (χ2v) is 15.0. The second-order valence-electron chi connectivity index (χ2n) is 6.91. The van der Waals surface area contributed by atoms with E-state index < -0.39 is 21.8 Å². The standard InChI is InChI=1S/C14H11O.C5H5.C3H7.2ClH.Zr/c1-15-12-7-6-11-8-10-4-2-3-5-13(10)14(11)9-12;1-2-4-5-3-1;1-3-2;;;/h2-9H,1H3;1-3H,4H2;3H,1-2H3;2*1H;. The van der Waals surface area contributed by atoms with Gasteiger partial charge in [-0.25, -0.2) is 0 Å². The van der Waals surface area contributed by atoms with Crippen molar-refractivity contribution in [3.05, 3.63) is 75.1 Å². The van der Waals surface area contributed by atoms with E-state index >= 15 is 0 Å². The molecule has 0 saturated heterocycles. The van der Waals surface area contributed by atoms with Gasteiger partial charge in [0.1, 0.15) is 0 Å². The van der Waals surface area contributed by atoms with E-state index in [4.69, 9.17) is 4.74 Å². The summed E-state index contributed by atoms with van der Waals surface area (Å²) in [7, 11) is 1.75. The Hall–Kier alpha value is -0.817. The molecule has 26 heavy (non-hydrogen) atoms. The molecule has 0 amide bonds. The van der Waals surface area contributed by atoms with Gasteiger partial charge in [0, 0.05) is 0 Å². The monoisotopic (exact) mass is 465 g/mol. The summed E-state index contributed by atoms with van der Waals surface area (Å²) in [4.78, 5) is 0. The summed E-state index contributed by atoms with van der Waals surface area (Å²) >= 11 is -1.86. The molecule has 2 aliphatic carbocycles. The molecule has 1 atom stereocenters. The molecule has 0 spiro atoms. The van der Waals surface area contributed by atoms with Crippen LogP contribution in [-0.4, -0.2) is 7.11 Å². The van der Waals surface area contributed by atoms with E-state index in [1.165, 1.54) is 23.1 Å². The van der Waals surface area contributed by atoms with Gasteiger partial charge >= 0.3 is 153 Å². The molecule has 0 aliphatic heterocycles. The molecule has 137 valence electrons. The summed E-state index contributed by atoms with van der Waals surface area (Å²) in [6, 6.07) is 15.7. The van der Waals surface area contributed by atoms with E-state index in [-0.39, 0.29) is 24.8 Å². The Morgan fingerprint density at radius 2 is 1.73 bits per heavy atom. The molecule has 2 aromatic rings. The van der Waals surface area contributed by atoms with E-state index in [0.717, 1.165) is 9.38 Å². The Labute approximate surface area is 177 Å². The van der Waals surface area contributed by atoms with Gasteiger partial charge in [0.05, 0.1) is 0 Å². The van der Waals surface area contributed by atoms with E-state index in [9.17, 15) is 0 Å². The third-order valence-corrected chi connectivity index (χ3v) is 14.1. The molecule has 2 aliphatic rings. The average Bonchev–Trinajstić information content (AvgIpc) is 3.22. The first-order chi connectivity index (χ1) is 11.7. The second kappa shape index (κ2) is 8.91. The van der Waals surface area contributed by atoms with Crippen LogP contribution in [0, 0.1) is 0 Å². The fourth-order valence-corrected chi connectivity index (χ4v) is 13.0. The Bertz CT molecular complexity index is 842. The van der Waals surface area contributed by atoms with Gasteiger partial charge in [0.25, 0.3) is 0 Å². The summed E-state index contributed by atoms with van der Waals surface area (Å²) in [5, 5.41) is 0. The van der Waals surface area contributed by atoms with Gasteiger partial charge < -0.3 is 0 Å². The van der Waals surface area contributed by atoms with Crippen molar-refractivity contribution in [3.63, 3.8) is 0 Å². The number of benzene rings is 2. The molecular formula is C22H25Cl2OZr. The van der Waals surface area contributed by atoms with Crippen LogP contribution < -0.4 is 4.74 Å². The normalized spacial score (nSPS) is 16.3. The minimum Gasteiger partial charge on any atom is -0.147 e. The minimum atomic E-state index is -1.86. The number of allylic oxidation sites excluding steroid dienone is 4. The molecule has 0 heterocycles. The van der Waals surface area contributed by atoms with Crippen molar-refractivity contribution >= 4 is 24.8 Å². The number of methoxy groups -OCH3 is 1. The predicted molar refractivity (Wildman–Crippen MR) is 112 cm³/mol. The van der Waals surface area contributed by atoms with Gasteiger partial charge in [-0.3, -0.25) is 0 Å². The first-order valence-corrected chi connectivity index (χ1v) is 12.8. The molecule has 0 N–H and O–H groups in total. The average molecular weight is 468 g/mol. The SMILES string of the molecule is COc1ccc2c(c1)-c1ccccc1[CH]2[Zr]([C]1=CC=CC1)[CH](C)C.Cl.Cl. The largest absolute Gasteiger partial charge is 0.147 e. The number of ether oxygens (including phenoxy) is 1. The Morgan fingerprint density at radius 1 is 1.00 bits per heavy atom. The van der Waals surface area contributed by atoms with E-state index in [2.05, 4.69) is 74.5 Å². The Balaban J connectivity index is 0.00000121. The zero-order valence-corrected chi connectivity index (χ0v) is 19.5. The van der Waals surface area contributed by atoms with Crippen LogP contribution in [0.4, 0.5) is 0 Å². The molecule has 2 aromatic carbocycles. The van der Waals surface area contributed by atoms with Crippen molar-refractivity contribution < 1.29 is 26.5 Å². The van der Waals surface area contributed by atoms with Gasteiger partial charge in [-0.05, 0) is 0 Å². The van der Waals surface area contributed by atoms with Crippen molar-refractivity contribution in [3.8, 4) is 16.9 Å². The maximum atomic E-state index is 5.49. The molecular weight excluding hydrogens is 442 g/mol. The van der Waals surface area contributed by atoms with Crippen LogP contribution in [0.15, 0.2) is 64.0 Å². The van der Waals surface area contributed by atoms with Crippen LogP contribution in [-0.2, 0) is 21.8 Å². The Kier molecular flexibility index (Phi) is 7.37. The smallest absolute Gasteiger partial charge is 0.147 e. The predicted octanol–water partition coefficient (Wildman–Crippen LogP) is 6.90. The number of halogens is 2. The number of hydrogen-bond donors (Lipinski definition) is 0. The van der Waals surface area contributed by atoms with Crippen molar-refractivity contribution in [1.82, 2.24) is 0 Å². The van der Waals surface area contributed by atoms with Crippen LogP contribution in [0.3, 0.4) is 0 Å². The van der Waals surface area contributed by atoms with Crippen LogP contribution in [0.1, 0.15) is 35.0 Å². The maximum Gasteiger partial charge on any atom is -0.147 e. The van der Waals surface area contributed by atoms with Gasteiger partial charge in [0.15, 0.2) is 0 Å². The zero-order chi connectivity index (χ0) is 16.7. The van der Waals surface area contributed by atoms with Crippen molar-refractivity contribution in [1.29, 1.82) is 0 Å². The van der Waals surface area contributed by atoms with Crippen LogP contribution in [0.25, 0.3) is 11.1 Å². The van der Waals surface area contributed by atoms with Crippen molar-refractivity contribution in [2.45, 2.75) is 27.5 Å². The summed E-state index contributed by atoms with van der Waals surface area (Å²) in [6.45, 7) is 4.89. The zero-order valence-electron chi connectivity index (χ0n) is 15.4. The van der Waals surface area contributed by atoms with Crippen LogP contribution in [0.5, 0.6) is 5.75 Å². The number of fused-ring (bicyclic) bond motifs is 3. The molecule has 0 fully saturated rings. The van der Waals surface area contributed by atoms with Crippen LogP contribution >= 0.6 is 24.8 Å². The van der Waals surface area contributed by atoms with Gasteiger partial charge in [-0.2, -0.15) is 0 Å². The Morgan fingerprint density at radius 3 is 2.38 bits per heavy atom. The molecule has 4 heteroatoms. The van der Waals surface area contributed by atoms with Crippen molar-refractivity contribution in [2.24, 2.45) is 0 Å². The molecule has 0 aromatic heterocycles. The number of hydrogen-bond acceptors (Lipinski definition) is 1. The first-order valence-electron chi connectivity index (χ1n) is 8.70. The fourth-order valence-electron chi connectivity index (χ4n) is 4.19. The topological polar surface area (TPSA) is 9.23 Å². The fraction of sp³-hybridized carbons (Fsp3) is 0.273. The summed E-state index contributed by atoms with van der Waals surface area (Å²) in [5.74, 6) is 0.959. The number of rotatable bonds is 4. The van der Waals surface area contributed by atoms with Gasteiger partial charge in [-0.15, -0.1) is 24.8 Å². The molecule has 4 rings (SSSR count). The minimum absolute atomic E-state index is 0. The molecule has 0 bridgehead atoms. The maximum absolute atomic E-state index is 5.49. The molecule has 1 unspecified atom stereocenters. The van der Waals surface area contributed by atoms with Crippen molar-refractivity contribution in [2.75, 3.05) is 7.11 Å². The molecule has 0 saturated carbocycles. The van der Waals surface area contributed by atoms with Gasteiger partial charge in [0.2, 0.25) is 0 Å². The summed E-state index contributed by atoms with van der Waals surface area (Å²) < 4.78 is 8.68. The van der Waals surface area contributed by atoms with Crippen LogP contribution in [0.2, 0.25) is 3.63 Å².